The molecule has 6 heteroatoms. The van der Waals surface area contributed by atoms with Gasteiger partial charge in [0, 0.05) is 16.8 Å². The van der Waals surface area contributed by atoms with Crippen molar-refractivity contribution in [3.05, 3.63) is 101 Å². The van der Waals surface area contributed by atoms with Crippen LogP contribution in [0.25, 0.3) is 0 Å². The number of rotatable bonds is 7. The lowest BCUT2D eigenvalue weighted by atomic mass is 10.1. The van der Waals surface area contributed by atoms with Crippen LogP contribution < -0.4 is 10.6 Å². The largest absolute Gasteiger partial charge is 0.446 e. The third kappa shape index (κ3) is 6.27. The molecular formula is C25H24N2O4. The van der Waals surface area contributed by atoms with Crippen molar-refractivity contribution in [3.63, 3.8) is 0 Å². The molecule has 0 heterocycles. The standard InChI is InChI=1S/C25H24N2O4/c1-17-11-13-21(14-12-17)27-25(30)23(19-8-4-3-5-9-19)31-22(28)16-26-24(29)20-10-6-7-18(2)15-20/h3-15,23H,16H2,1-2H3,(H,26,29)(H,27,30)/t23-/m0/s1. The minimum absolute atomic E-state index is 0.353. The van der Waals surface area contributed by atoms with Crippen molar-refractivity contribution >= 4 is 23.5 Å². The number of carbonyl (C=O) groups is 3. The van der Waals surface area contributed by atoms with Gasteiger partial charge < -0.3 is 15.4 Å². The van der Waals surface area contributed by atoms with Crippen molar-refractivity contribution in [2.24, 2.45) is 0 Å². The third-order valence-electron chi connectivity index (χ3n) is 4.58. The fraction of sp³-hybridized carbons (Fsp3) is 0.160. The fourth-order valence-corrected chi connectivity index (χ4v) is 2.96. The van der Waals surface area contributed by atoms with Gasteiger partial charge in [0.15, 0.2) is 0 Å². The van der Waals surface area contributed by atoms with Crippen molar-refractivity contribution in [2.45, 2.75) is 20.0 Å². The summed E-state index contributed by atoms with van der Waals surface area (Å²) < 4.78 is 5.44. The number of benzene rings is 3. The second-order valence-electron chi connectivity index (χ2n) is 7.19. The van der Waals surface area contributed by atoms with Crippen molar-refractivity contribution in [3.8, 4) is 0 Å². The minimum Gasteiger partial charge on any atom is -0.446 e. The molecule has 158 valence electrons. The van der Waals surface area contributed by atoms with Gasteiger partial charge in [-0.25, -0.2) is 0 Å². The normalized spacial score (nSPS) is 11.3. The highest BCUT2D eigenvalue weighted by atomic mass is 16.5. The number of anilines is 1. The molecule has 2 amide bonds. The number of esters is 1. The van der Waals surface area contributed by atoms with E-state index >= 15 is 0 Å². The quantitative estimate of drug-likeness (QED) is 0.571. The zero-order valence-electron chi connectivity index (χ0n) is 17.4. The second kappa shape index (κ2) is 10.2. The van der Waals surface area contributed by atoms with E-state index in [9.17, 15) is 14.4 Å². The molecule has 3 aromatic rings. The highest BCUT2D eigenvalue weighted by Gasteiger charge is 2.25. The summed E-state index contributed by atoms with van der Waals surface area (Å²) in [6.45, 7) is 3.47. The van der Waals surface area contributed by atoms with Crippen molar-refractivity contribution in [2.75, 3.05) is 11.9 Å². The number of ether oxygens (including phenoxy) is 1. The molecule has 0 unspecified atom stereocenters. The Bertz CT molecular complexity index is 1060. The highest BCUT2D eigenvalue weighted by molar-refractivity contribution is 5.98. The molecule has 0 radical (unpaired) electrons. The predicted octanol–water partition coefficient (Wildman–Crippen LogP) is 3.96. The molecule has 0 spiro atoms. The average Bonchev–Trinajstić information content (AvgIpc) is 2.78. The van der Waals surface area contributed by atoms with Crippen LogP contribution in [0.1, 0.15) is 33.2 Å². The van der Waals surface area contributed by atoms with Crippen molar-refractivity contribution in [1.29, 1.82) is 0 Å². The fourth-order valence-electron chi connectivity index (χ4n) is 2.96. The van der Waals surface area contributed by atoms with Gasteiger partial charge in [0.2, 0.25) is 6.10 Å². The highest BCUT2D eigenvalue weighted by Crippen LogP contribution is 2.20. The van der Waals surface area contributed by atoms with Crippen molar-refractivity contribution < 1.29 is 19.1 Å². The van der Waals surface area contributed by atoms with E-state index in [1.807, 2.05) is 38.1 Å². The Morgan fingerprint density at radius 2 is 1.55 bits per heavy atom. The summed E-state index contributed by atoms with van der Waals surface area (Å²) in [5, 5.41) is 5.30. The molecule has 1 atom stereocenters. The summed E-state index contributed by atoms with van der Waals surface area (Å²) >= 11 is 0. The van der Waals surface area contributed by atoms with Crippen LogP contribution in [-0.4, -0.2) is 24.3 Å². The first-order valence-electron chi connectivity index (χ1n) is 9.89. The Hall–Kier alpha value is -3.93. The van der Waals surface area contributed by atoms with E-state index in [1.54, 1.807) is 54.6 Å². The average molecular weight is 416 g/mol. The van der Waals surface area contributed by atoms with E-state index < -0.39 is 18.0 Å². The number of hydrogen-bond donors (Lipinski definition) is 2. The van der Waals surface area contributed by atoms with Gasteiger partial charge in [0.25, 0.3) is 11.8 Å². The Labute approximate surface area is 181 Å². The molecule has 3 aromatic carbocycles. The summed E-state index contributed by atoms with van der Waals surface area (Å²) in [7, 11) is 0. The first-order valence-corrected chi connectivity index (χ1v) is 9.89. The van der Waals surface area contributed by atoms with Gasteiger partial charge in [0.1, 0.15) is 6.54 Å². The number of nitrogens with one attached hydrogen (secondary N) is 2. The van der Waals surface area contributed by atoms with E-state index in [4.69, 9.17) is 4.74 Å². The lowest BCUT2D eigenvalue weighted by Crippen LogP contribution is -2.33. The molecule has 2 N–H and O–H groups in total. The van der Waals surface area contributed by atoms with Crippen LogP contribution in [0.2, 0.25) is 0 Å². The van der Waals surface area contributed by atoms with Crippen LogP contribution >= 0.6 is 0 Å². The van der Waals surface area contributed by atoms with E-state index in [0.29, 0.717) is 16.8 Å². The van der Waals surface area contributed by atoms with Gasteiger partial charge in [-0.3, -0.25) is 14.4 Å². The van der Waals surface area contributed by atoms with Crippen LogP contribution in [0, 0.1) is 13.8 Å². The first-order chi connectivity index (χ1) is 14.9. The van der Waals surface area contributed by atoms with E-state index in [1.165, 1.54) is 0 Å². The molecule has 0 aliphatic rings. The Morgan fingerprint density at radius 1 is 0.839 bits per heavy atom. The predicted molar refractivity (Wildman–Crippen MR) is 119 cm³/mol. The molecule has 0 saturated carbocycles. The minimum atomic E-state index is -1.15. The SMILES string of the molecule is Cc1ccc(NC(=O)[C@@H](OC(=O)CNC(=O)c2cccc(C)c2)c2ccccc2)cc1. The Kier molecular flexibility index (Phi) is 7.17. The molecule has 0 aromatic heterocycles. The van der Waals surface area contributed by atoms with Crippen LogP contribution in [0.5, 0.6) is 0 Å². The van der Waals surface area contributed by atoms with E-state index in [0.717, 1.165) is 11.1 Å². The number of amides is 2. The summed E-state index contributed by atoms with van der Waals surface area (Å²) in [5.41, 5.74) is 3.58. The summed E-state index contributed by atoms with van der Waals surface area (Å²) in [5.74, 6) is -1.58. The van der Waals surface area contributed by atoms with Crippen molar-refractivity contribution in [1.82, 2.24) is 5.32 Å². The van der Waals surface area contributed by atoms with E-state index in [2.05, 4.69) is 10.6 Å². The maximum absolute atomic E-state index is 12.9. The van der Waals surface area contributed by atoms with E-state index in [-0.39, 0.29) is 12.5 Å². The Morgan fingerprint density at radius 3 is 2.23 bits per heavy atom. The molecule has 0 saturated heterocycles. The van der Waals surface area contributed by atoms with Gasteiger partial charge in [-0.1, -0.05) is 65.7 Å². The smallest absolute Gasteiger partial charge is 0.326 e. The molecule has 31 heavy (non-hydrogen) atoms. The van der Waals surface area contributed by atoms with Crippen LogP contribution in [0.15, 0.2) is 78.9 Å². The molecule has 3 rings (SSSR count). The number of hydrogen-bond acceptors (Lipinski definition) is 4. The molecule has 6 nitrogen and oxygen atoms in total. The third-order valence-corrected chi connectivity index (χ3v) is 4.58. The van der Waals surface area contributed by atoms with Gasteiger partial charge in [-0.05, 0) is 38.1 Å². The first kappa shape index (κ1) is 21.8. The number of aryl methyl sites for hydroxylation is 2. The maximum atomic E-state index is 12.9. The van der Waals surface area contributed by atoms with Gasteiger partial charge >= 0.3 is 5.97 Å². The lowest BCUT2D eigenvalue weighted by molar-refractivity contribution is -0.153. The van der Waals surface area contributed by atoms with Crippen LogP contribution in [0.3, 0.4) is 0 Å². The van der Waals surface area contributed by atoms with Gasteiger partial charge in [-0.15, -0.1) is 0 Å². The molecule has 0 aliphatic carbocycles. The zero-order chi connectivity index (χ0) is 22.2. The molecule has 0 bridgehead atoms. The van der Waals surface area contributed by atoms with Gasteiger partial charge in [-0.2, -0.15) is 0 Å². The number of carbonyl (C=O) groups excluding carboxylic acids is 3. The summed E-state index contributed by atoms with van der Waals surface area (Å²) in [6, 6.07) is 23.1. The van der Waals surface area contributed by atoms with Crippen LogP contribution in [-0.2, 0) is 14.3 Å². The maximum Gasteiger partial charge on any atom is 0.326 e. The monoisotopic (exact) mass is 416 g/mol. The Balaban J connectivity index is 1.66. The summed E-state index contributed by atoms with van der Waals surface area (Å²) in [4.78, 5) is 37.5. The second-order valence-corrected chi connectivity index (χ2v) is 7.19. The summed E-state index contributed by atoms with van der Waals surface area (Å²) in [6.07, 6.45) is -1.15. The molecular weight excluding hydrogens is 392 g/mol. The van der Waals surface area contributed by atoms with Crippen LogP contribution in [0.4, 0.5) is 5.69 Å². The van der Waals surface area contributed by atoms with Gasteiger partial charge in [0.05, 0.1) is 0 Å². The zero-order valence-corrected chi connectivity index (χ0v) is 17.4. The lowest BCUT2D eigenvalue weighted by Gasteiger charge is -2.18. The topological polar surface area (TPSA) is 84.5 Å². The molecule has 0 aliphatic heterocycles. The molecule has 0 fully saturated rings.